The number of nitrogens with one attached hydrogen (secondary N) is 1. The van der Waals surface area contributed by atoms with Gasteiger partial charge in [-0.05, 0) is 32.9 Å². The Morgan fingerprint density at radius 2 is 2.16 bits per heavy atom. The van der Waals surface area contributed by atoms with E-state index in [9.17, 15) is 0 Å². The maximum atomic E-state index is 5.67. The molecule has 0 spiro atoms. The van der Waals surface area contributed by atoms with Crippen molar-refractivity contribution in [1.82, 2.24) is 10.2 Å². The van der Waals surface area contributed by atoms with E-state index in [-0.39, 0.29) is 0 Å². The average molecular weight is 272 g/mol. The molecule has 19 heavy (non-hydrogen) atoms. The molecule has 1 heterocycles. The molecule has 4 nitrogen and oxygen atoms in total. The van der Waals surface area contributed by atoms with Crippen molar-refractivity contribution >= 4 is 0 Å². The zero-order chi connectivity index (χ0) is 13.9. The Labute approximate surface area is 118 Å². The van der Waals surface area contributed by atoms with Crippen molar-refractivity contribution in [2.24, 2.45) is 5.92 Å². The fourth-order valence-electron chi connectivity index (χ4n) is 2.62. The van der Waals surface area contributed by atoms with Crippen molar-refractivity contribution in [3.8, 4) is 0 Å². The van der Waals surface area contributed by atoms with Crippen molar-refractivity contribution in [2.75, 3.05) is 52.6 Å². The number of nitrogens with zero attached hydrogens (tertiary/aromatic N) is 1. The average Bonchev–Trinajstić information content (AvgIpc) is 2.45. The molecule has 0 aromatic heterocycles. The van der Waals surface area contributed by atoms with Gasteiger partial charge in [0, 0.05) is 38.3 Å². The summed E-state index contributed by atoms with van der Waals surface area (Å²) in [5, 5.41) is 3.68. The smallest absolute Gasteiger partial charge is 0.0593 e. The Balaban J connectivity index is 2.35. The van der Waals surface area contributed by atoms with Crippen molar-refractivity contribution in [1.29, 1.82) is 0 Å². The summed E-state index contributed by atoms with van der Waals surface area (Å²) < 4.78 is 11.1. The lowest BCUT2D eigenvalue weighted by atomic mass is 9.95. The summed E-state index contributed by atoms with van der Waals surface area (Å²) in [6, 6.07) is 0.620. The van der Waals surface area contributed by atoms with E-state index in [1.54, 1.807) is 0 Å². The summed E-state index contributed by atoms with van der Waals surface area (Å²) in [4.78, 5) is 2.48. The standard InChI is InChI=1S/C15H32N2O2/c1-4-8-16-15-7-10-19-13-14(15)12-17(5-2)9-11-18-6-3/h14-16H,4-13H2,1-3H3. The van der Waals surface area contributed by atoms with Crippen molar-refractivity contribution < 1.29 is 9.47 Å². The zero-order valence-corrected chi connectivity index (χ0v) is 13.0. The lowest BCUT2D eigenvalue weighted by Crippen LogP contribution is -2.48. The van der Waals surface area contributed by atoms with Gasteiger partial charge in [0.25, 0.3) is 0 Å². The van der Waals surface area contributed by atoms with E-state index in [1.165, 1.54) is 6.42 Å². The van der Waals surface area contributed by atoms with Crippen molar-refractivity contribution in [3.63, 3.8) is 0 Å². The fraction of sp³-hybridized carbons (Fsp3) is 1.00. The number of rotatable bonds is 10. The molecule has 0 bridgehead atoms. The van der Waals surface area contributed by atoms with E-state index < -0.39 is 0 Å². The Hall–Kier alpha value is -0.160. The molecule has 0 amide bonds. The van der Waals surface area contributed by atoms with Gasteiger partial charge in [0.2, 0.25) is 0 Å². The first-order valence-electron chi connectivity index (χ1n) is 7.93. The van der Waals surface area contributed by atoms with Gasteiger partial charge >= 0.3 is 0 Å². The van der Waals surface area contributed by atoms with Crippen LogP contribution in [0.15, 0.2) is 0 Å². The van der Waals surface area contributed by atoms with E-state index in [2.05, 4.69) is 31.0 Å². The van der Waals surface area contributed by atoms with Gasteiger partial charge < -0.3 is 19.7 Å². The molecule has 0 aliphatic carbocycles. The number of ether oxygens (including phenoxy) is 2. The maximum absolute atomic E-state index is 5.67. The summed E-state index contributed by atoms with van der Waals surface area (Å²) >= 11 is 0. The second-order valence-corrected chi connectivity index (χ2v) is 5.27. The van der Waals surface area contributed by atoms with Crippen LogP contribution in [0.5, 0.6) is 0 Å². The van der Waals surface area contributed by atoms with Gasteiger partial charge in [-0.3, -0.25) is 0 Å². The molecule has 4 heteroatoms. The lowest BCUT2D eigenvalue weighted by molar-refractivity contribution is 0.0128. The van der Waals surface area contributed by atoms with Crippen LogP contribution in [0.3, 0.4) is 0 Å². The minimum absolute atomic E-state index is 0.613. The largest absolute Gasteiger partial charge is 0.381 e. The minimum atomic E-state index is 0.613. The first-order chi connectivity index (χ1) is 9.31. The van der Waals surface area contributed by atoms with Crippen LogP contribution in [0, 0.1) is 5.92 Å². The summed E-state index contributed by atoms with van der Waals surface area (Å²) in [7, 11) is 0. The third-order valence-electron chi connectivity index (χ3n) is 3.83. The summed E-state index contributed by atoms with van der Waals surface area (Å²) in [6.45, 7) is 14.3. The molecule has 1 rings (SSSR count). The Bertz CT molecular complexity index is 214. The predicted molar refractivity (Wildman–Crippen MR) is 79.6 cm³/mol. The highest BCUT2D eigenvalue weighted by Crippen LogP contribution is 2.16. The molecule has 1 fully saturated rings. The van der Waals surface area contributed by atoms with Crippen LogP contribution in [-0.2, 0) is 9.47 Å². The molecule has 2 unspecified atom stereocenters. The molecule has 114 valence electrons. The molecule has 2 atom stereocenters. The normalized spacial score (nSPS) is 24.0. The van der Waals surface area contributed by atoms with Gasteiger partial charge in [-0.15, -0.1) is 0 Å². The van der Waals surface area contributed by atoms with Crippen molar-refractivity contribution in [3.05, 3.63) is 0 Å². The molecule has 0 aromatic rings. The van der Waals surface area contributed by atoms with Gasteiger partial charge in [-0.1, -0.05) is 13.8 Å². The highest BCUT2D eigenvalue weighted by atomic mass is 16.5. The van der Waals surface area contributed by atoms with E-state index in [0.29, 0.717) is 12.0 Å². The number of hydrogen-bond donors (Lipinski definition) is 1. The summed E-state index contributed by atoms with van der Waals surface area (Å²) in [5.74, 6) is 0.613. The summed E-state index contributed by atoms with van der Waals surface area (Å²) in [6.07, 6.45) is 2.35. The van der Waals surface area contributed by atoms with Crippen molar-refractivity contribution in [2.45, 2.75) is 39.7 Å². The van der Waals surface area contributed by atoms with Gasteiger partial charge in [0.05, 0.1) is 13.2 Å². The van der Waals surface area contributed by atoms with E-state index in [1.807, 2.05) is 0 Å². The Morgan fingerprint density at radius 1 is 1.32 bits per heavy atom. The topological polar surface area (TPSA) is 33.7 Å². The number of likely N-dealkylation sites (N-methyl/N-ethyl adjacent to an activating group) is 1. The molecule has 0 aromatic carbocycles. The van der Waals surface area contributed by atoms with E-state index in [0.717, 1.165) is 59.0 Å². The van der Waals surface area contributed by atoms with E-state index >= 15 is 0 Å². The van der Waals surface area contributed by atoms with Crippen LogP contribution in [0.2, 0.25) is 0 Å². The molecule has 0 radical (unpaired) electrons. The van der Waals surface area contributed by atoms with Crippen LogP contribution < -0.4 is 5.32 Å². The van der Waals surface area contributed by atoms with E-state index in [4.69, 9.17) is 9.47 Å². The minimum Gasteiger partial charge on any atom is -0.381 e. The van der Waals surface area contributed by atoms with Crippen LogP contribution >= 0.6 is 0 Å². The fourth-order valence-corrected chi connectivity index (χ4v) is 2.62. The quantitative estimate of drug-likeness (QED) is 0.614. The van der Waals surface area contributed by atoms with Gasteiger partial charge in [-0.25, -0.2) is 0 Å². The van der Waals surface area contributed by atoms with Crippen LogP contribution in [0.25, 0.3) is 0 Å². The molecule has 1 saturated heterocycles. The molecular formula is C15H32N2O2. The molecular weight excluding hydrogens is 240 g/mol. The van der Waals surface area contributed by atoms with Crippen LogP contribution in [-0.4, -0.2) is 63.5 Å². The Morgan fingerprint density at radius 3 is 2.84 bits per heavy atom. The number of hydrogen-bond acceptors (Lipinski definition) is 4. The molecule has 1 aliphatic rings. The van der Waals surface area contributed by atoms with Crippen LogP contribution in [0.4, 0.5) is 0 Å². The third kappa shape index (κ3) is 6.70. The first-order valence-corrected chi connectivity index (χ1v) is 7.93. The monoisotopic (exact) mass is 272 g/mol. The zero-order valence-electron chi connectivity index (χ0n) is 13.0. The molecule has 1 N–H and O–H groups in total. The molecule has 1 aliphatic heterocycles. The van der Waals surface area contributed by atoms with Gasteiger partial charge in [-0.2, -0.15) is 0 Å². The summed E-state index contributed by atoms with van der Waals surface area (Å²) in [5.41, 5.74) is 0. The maximum Gasteiger partial charge on any atom is 0.0593 e. The highest BCUT2D eigenvalue weighted by Gasteiger charge is 2.26. The highest BCUT2D eigenvalue weighted by molar-refractivity contribution is 4.82. The van der Waals surface area contributed by atoms with Gasteiger partial charge in [0.15, 0.2) is 0 Å². The second kappa shape index (κ2) is 10.6. The lowest BCUT2D eigenvalue weighted by Gasteiger charge is -2.35. The SMILES string of the molecule is CCCNC1CCOCC1CN(CC)CCOCC. The van der Waals surface area contributed by atoms with Gasteiger partial charge in [0.1, 0.15) is 0 Å². The molecule has 0 saturated carbocycles. The first kappa shape index (κ1) is 16.9. The Kier molecular flexibility index (Phi) is 9.43. The predicted octanol–water partition coefficient (Wildman–Crippen LogP) is 1.75. The second-order valence-electron chi connectivity index (χ2n) is 5.27. The third-order valence-corrected chi connectivity index (χ3v) is 3.83. The van der Waals surface area contributed by atoms with Crippen LogP contribution in [0.1, 0.15) is 33.6 Å².